The summed E-state index contributed by atoms with van der Waals surface area (Å²) in [4.78, 5) is 12.6. The van der Waals surface area contributed by atoms with Crippen LogP contribution in [0.4, 0.5) is 0 Å². The molecule has 2 rings (SSSR count). The van der Waals surface area contributed by atoms with E-state index in [2.05, 4.69) is 78.8 Å². The molecular weight excluding hydrogens is 540 g/mol. The minimum absolute atomic E-state index is 0.114. The van der Waals surface area contributed by atoms with Gasteiger partial charge in [0.25, 0.3) is 0 Å². The van der Waals surface area contributed by atoms with E-state index in [0.717, 1.165) is 40.7 Å². The molecule has 3 nitrogen and oxygen atoms in total. The summed E-state index contributed by atoms with van der Waals surface area (Å²) in [5.74, 6) is 0.279. The quantitative estimate of drug-likeness (QED) is 0.114. The molecular formula is C41H66O3. The van der Waals surface area contributed by atoms with Crippen LogP contribution in [0.1, 0.15) is 174 Å². The number of esters is 1. The van der Waals surface area contributed by atoms with Gasteiger partial charge in [-0.3, -0.25) is 4.79 Å². The van der Waals surface area contributed by atoms with Crippen molar-refractivity contribution in [2.24, 2.45) is 0 Å². The van der Waals surface area contributed by atoms with E-state index in [0.29, 0.717) is 25.2 Å². The fourth-order valence-electron chi connectivity index (χ4n) is 6.10. The lowest BCUT2D eigenvalue weighted by molar-refractivity contribution is -0.143. The van der Waals surface area contributed by atoms with E-state index in [1.807, 2.05) is 6.07 Å². The monoisotopic (exact) mass is 607 g/mol. The lowest BCUT2D eigenvalue weighted by Gasteiger charge is -2.28. The number of ether oxygens (including phenoxy) is 1. The van der Waals surface area contributed by atoms with Crippen molar-refractivity contribution in [2.75, 3.05) is 6.61 Å². The lowest BCUT2D eigenvalue weighted by Crippen LogP contribution is -2.17. The summed E-state index contributed by atoms with van der Waals surface area (Å²) in [6.45, 7) is 15.6. The average molecular weight is 607 g/mol. The molecule has 0 fully saturated rings. The number of aryl methyl sites for hydroxylation is 1. The molecule has 2 aromatic carbocycles. The highest BCUT2D eigenvalue weighted by molar-refractivity contribution is 5.74. The Balaban J connectivity index is 1.69. The standard InChI is InChI=1S/C41H66O3/c1-8-9-10-11-12-13-14-15-16-17-18-19-20-21-22-25-30-44-38(42)29-28-33-26-23-24-27-35(33)34-31-36(40(2,3)4)39(43)37(32-34)41(5,6)7/h23-24,26-27,31-32,43H,8-22,25,28-30H2,1-7H3. The first-order chi connectivity index (χ1) is 20.9. The minimum atomic E-state index is -0.189. The molecule has 1 N–H and O–H groups in total. The predicted molar refractivity (Wildman–Crippen MR) is 190 cm³/mol. The number of benzene rings is 2. The molecule has 0 aromatic heterocycles. The minimum Gasteiger partial charge on any atom is -0.507 e. The van der Waals surface area contributed by atoms with Gasteiger partial charge in [-0.1, -0.05) is 169 Å². The third-order valence-electron chi connectivity index (χ3n) is 8.91. The molecule has 44 heavy (non-hydrogen) atoms. The number of unbranched alkanes of at least 4 members (excludes halogenated alkanes) is 15. The molecule has 0 radical (unpaired) electrons. The Morgan fingerprint density at radius 1 is 0.659 bits per heavy atom. The van der Waals surface area contributed by atoms with E-state index in [1.165, 1.54) is 89.9 Å². The van der Waals surface area contributed by atoms with Crippen LogP contribution in [0.2, 0.25) is 0 Å². The molecule has 0 unspecified atom stereocenters. The van der Waals surface area contributed by atoms with Crippen LogP contribution in [0.5, 0.6) is 5.75 Å². The van der Waals surface area contributed by atoms with Crippen LogP contribution in [-0.4, -0.2) is 17.7 Å². The third-order valence-corrected chi connectivity index (χ3v) is 8.91. The van der Waals surface area contributed by atoms with Crippen molar-refractivity contribution >= 4 is 5.97 Å². The van der Waals surface area contributed by atoms with Crippen LogP contribution in [0.25, 0.3) is 11.1 Å². The van der Waals surface area contributed by atoms with Gasteiger partial charge in [0.1, 0.15) is 5.75 Å². The zero-order valence-electron chi connectivity index (χ0n) is 29.7. The van der Waals surface area contributed by atoms with Gasteiger partial charge >= 0.3 is 5.97 Å². The topological polar surface area (TPSA) is 46.5 Å². The summed E-state index contributed by atoms with van der Waals surface area (Å²) < 4.78 is 5.60. The molecule has 0 saturated carbocycles. The van der Waals surface area contributed by atoms with Crippen LogP contribution >= 0.6 is 0 Å². The molecule has 0 aliphatic carbocycles. The van der Waals surface area contributed by atoms with Crippen LogP contribution < -0.4 is 0 Å². The smallest absolute Gasteiger partial charge is 0.306 e. The van der Waals surface area contributed by atoms with E-state index < -0.39 is 0 Å². The second kappa shape index (κ2) is 20.0. The van der Waals surface area contributed by atoms with Crippen molar-refractivity contribution in [3.8, 4) is 16.9 Å². The number of aromatic hydroxyl groups is 1. The number of phenolic OH excluding ortho intramolecular Hbond substituents is 1. The summed E-state index contributed by atoms with van der Waals surface area (Å²) >= 11 is 0. The summed E-state index contributed by atoms with van der Waals surface area (Å²) in [5.41, 5.74) is 4.87. The van der Waals surface area contributed by atoms with Gasteiger partial charge < -0.3 is 9.84 Å². The number of hydrogen-bond acceptors (Lipinski definition) is 3. The van der Waals surface area contributed by atoms with E-state index >= 15 is 0 Å². The Labute approximate surface area is 271 Å². The van der Waals surface area contributed by atoms with Crippen molar-refractivity contribution in [1.29, 1.82) is 0 Å². The van der Waals surface area contributed by atoms with Crippen LogP contribution in [0.15, 0.2) is 36.4 Å². The van der Waals surface area contributed by atoms with E-state index in [-0.39, 0.29) is 16.8 Å². The molecule has 0 aliphatic heterocycles. The van der Waals surface area contributed by atoms with Gasteiger partial charge in [-0.2, -0.15) is 0 Å². The molecule has 3 heteroatoms. The maximum Gasteiger partial charge on any atom is 0.306 e. The lowest BCUT2D eigenvalue weighted by atomic mass is 9.77. The SMILES string of the molecule is CCCCCCCCCCCCCCCCCCOC(=O)CCc1ccccc1-c1cc(C(C)(C)C)c(O)c(C(C)(C)C)c1. The van der Waals surface area contributed by atoms with Gasteiger partial charge in [-0.25, -0.2) is 0 Å². The fourth-order valence-corrected chi connectivity index (χ4v) is 6.10. The Morgan fingerprint density at radius 3 is 1.55 bits per heavy atom. The number of rotatable bonds is 21. The molecule has 0 atom stereocenters. The van der Waals surface area contributed by atoms with E-state index in [1.54, 1.807) is 0 Å². The largest absolute Gasteiger partial charge is 0.507 e. The van der Waals surface area contributed by atoms with Crippen molar-refractivity contribution in [2.45, 2.75) is 175 Å². The normalized spacial score (nSPS) is 12.1. The number of phenols is 1. The molecule has 0 aliphatic rings. The number of hydrogen-bond donors (Lipinski definition) is 1. The highest BCUT2D eigenvalue weighted by Gasteiger charge is 2.27. The zero-order chi connectivity index (χ0) is 32.4. The molecule has 0 heterocycles. The highest BCUT2D eigenvalue weighted by atomic mass is 16.5. The van der Waals surface area contributed by atoms with Crippen molar-refractivity contribution < 1.29 is 14.6 Å². The second-order valence-electron chi connectivity index (χ2n) is 15.1. The molecule has 0 amide bonds. The first kappa shape index (κ1) is 37.9. The van der Waals surface area contributed by atoms with Gasteiger partial charge in [0.2, 0.25) is 0 Å². The maximum absolute atomic E-state index is 12.6. The number of carbonyl (C=O) groups is 1. The van der Waals surface area contributed by atoms with E-state index in [4.69, 9.17) is 4.74 Å². The van der Waals surface area contributed by atoms with Gasteiger partial charge in [-0.15, -0.1) is 0 Å². The predicted octanol–water partition coefficient (Wildman–Crippen LogP) is 12.4. The third kappa shape index (κ3) is 14.2. The molecule has 0 saturated heterocycles. The zero-order valence-corrected chi connectivity index (χ0v) is 29.7. The van der Waals surface area contributed by atoms with Gasteiger partial charge in [0.05, 0.1) is 6.61 Å². The van der Waals surface area contributed by atoms with Gasteiger partial charge in [0, 0.05) is 17.5 Å². The van der Waals surface area contributed by atoms with Crippen LogP contribution in [0, 0.1) is 0 Å². The van der Waals surface area contributed by atoms with Crippen LogP contribution in [0.3, 0.4) is 0 Å². The van der Waals surface area contributed by atoms with Crippen molar-refractivity contribution in [3.05, 3.63) is 53.1 Å². The van der Waals surface area contributed by atoms with Crippen molar-refractivity contribution in [3.63, 3.8) is 0 Å². The maximum atomic E-state index is 12.6. The second-order valence-corrected chi connectivity index (χ2v) is 15.1. The summed E-state index contributed by atoms with van der Waals surface area (Å²) in [6.07, 6.45) is 22.5. The Bertz CT molecular complexity index is 1050. The number of carbonyl (C=O) groups excluding carboxylic acids is 1. The summed E-state index contributed by atoms with van der Waals surface area (Å²) in [5, 5.41) is 11.2. The Morgan fingerprint density at radius 2 is 1.09 bits per heavy atom. The summed E-state index contributed by atoms with van der Waals surface area (Å²) in [7, 11) is 0. The highest BCUT2D eigenvalue weighted by Crippen LogP contribution is 2.42. The average Bonchev–Trinajstić information content (AvgIpc) is 2.96. The first-order valence-electron chi connectivity index (χ1n) is 18.1. The molecule has 248 valence electrons. The first-order valence-corrected chi connectivity index (χ1v) is 18.1. The van der Waals surface area contributed by atoms with Gasteiger partial charge in [0.15, 0.2) is 0 Å². The fraction of sp³-hybridized carbons (Fsp3) is 0.683. The van der Waals surface area contributed by atoms with Gasteiger partial charge in [-0.05, 0) is 52.5 Å². The Kier molecular flexibility index (Phi) is 17.2. The molecule has 0 bridgehead atoms. The van der Waals surface area contributed by atoms with E-state index in [9.17, 15) is 9.90 Å². The molecule has 2 aromatic rings. The molecule has 0 spiro atoms. The van der Waals surface area contributed by atoms with Crippen molar-refractivity contribution in [1.82, 2.24) is 0 Å². The summed E-state index contributed by atoms with van der Waals surface area (Å²) in [6, 6.07) is 12.6. The van der Waals surface area contributed by atoms with Crippen LogP contribution in [-0.2, 0) is 26.8 Å². The Hall–Kier alpha value is -2.29.